The molecule has 144 valence electrons. The highest BCUT2D eigenvalue weighted by Gasteiger charge is 2.36. The number of nitrogens with zero attached hydrogens (tertiary/aromatic N) is 2. The zero-order valence-electron chi connectivity index (χ0n) is 16.1. The first-order chi connectivity index (χ1) is 12.7. The van der Waals surface area contributed by atoms with Gasteiger partial charge < -0.3 is 19.1 Å². The lowest BCUT2D eigenvalue weighted by atomic mass is 10.0. The van der Waals surface area contributed by atoms with Gasteiger partial charge in [-0.1, -0.05) is 19.4 Å². The Morgan fingerprint density at radius 3 is 2.81 bits per heavy atom. The quantitative estimate of drug-likeness (QED) is 0.774. The van der Waals surface area contributed by atoms with Crippen LogP contribution in [0.1, 0.15) is 25.3 Å². The number of methoxy groups -OCH3 is 2. The van der Waals surface area contributed by atoms with Gasteiger partial charge in [-0.05, 0) is 12.5 Å². The third-order valence-corrected chi connectivity index (χ3v) is 5.43. The SMILES string of the molecule is CCC[C@H]1COC[C@H]2CN(C(=O)Cc3ccc(OC)cc3OC)CCN12. The van der Waals surface area contributed by atoms with Crippen molar-refractivity contribution in [3.63, 3.8) is 0 Å². The van der Waals surface area contributed by atoms with Gasteiger partial charge >= 0.3 is 0 Å². The highest BCUT2D eigenvalue weighted by molar-refractivity contribution is 5.79. The summed E-state index contributed by atoms with van der Waals surface area (Å²) in [5.74, 6) is 1.57. The molecule has 0 spiro atoms. The van der Waals surface area contributed by atoms with Crippen LogP contribution in [0.25, 0.3) is 0 Å². The third kappa shape index (κ3) is 4.13. The molecule has 2 atom stereocenters. The number of amides is 1. The van der Waals surface area contributed by atoms with Gasteiger partial charge in [-0.2, -0.15) is 0 Å². The minimum Gasteiger partial charge on any atom is -0.497 e. The Hall–Kier alpha value is -1.79. The fourth-order valence-corrected chi connectivity index (χ4v) is 4.02. The first-order valence-electron chi connectivity index (χ1n) is 9.48. The van der Waals surface area contributed by atoms with Crippen molar-refractivity contribution in [2.45, 2.75) is 38.3 Å². The molecule has 6 heteroatoms. The van der Waals surface area contributed by atoms with Crippen molar-refractivity contribution in [1.82, 2.24) is 9.80 Å². The number of hydrogen-bond donors (Lipinski definition) is 0. The number of ether oxygens (including phenoxy) is 3. The zero-order chi connectivity index (χ0) is 18.5. The normalized spacial score (nSPS) is 23.4. The lowest BCUT2D eigenvalue weighted by molar-refractivity contribution is -0.139. The van der Waals surface area contributed by atoms with E-state index in [4.69, 9.17) is 14.2 Å². The highest BCUT2D eigenvalue weighted by Crippen LogP contribution is 2.26. The van der Waals surface area contributed by atoms with Crippen LogP contribution in [0, 0.1) is 0 Å². The zero-order valence-corrected chi connectivity index (χ0v) is 16.1. The van der Waals surface area contributed by atoms with E-state index in [2.05, 4.69) is 11.8 Å². The number of fused-ring (bicyclic) bond motifs is 1. The maximum Gasteiger partial charge on any atom is 0.227 e. The van der Waals surface area contributed by atoms with Gasteiger partial charge in [-0.15, -0.1) is 0 Å². The molecule has 2 aliphatic rings. The Morgan fingerprint density at radius 1 is 1.23 bits per heavy atom. The summed E-state index contributed by atoms with van der Waals surface area (Å²) >= 11 is 0. The number of benzene rings is 1. The molecule has 0 unspecified atom stereocenters. The van der Waals surface area contributed by atoms with Gasteiger partial charge in [0.1, 0.15) is 11.5 Å². The van der Waals surface area contributed by atoms with Gasteiger partial charge in [0.15, 0.2) is 0 Å². The lowest BCUT2D eigenvalue weighted by Crippen LogP contribution is -2.62. The molecule has 3 rings (SSSR count). The van der Waals surface area contributed by atoms with Gasteiger partial charge in [0.05, 0.1) is 39.9 Å². The molecular formula is C20H30N2O4. The minimum atomic E-state index is 0.144. The van der Waals surface area contributed by atoms with Crippen LogP contribution in [-0.4, -0.2) is 74.9 Å². The van der Waals surface area contributed by atoms with Crippen LogP contribution in [0.5, 0.6) is 11.5 Å². The minimum absolute atomic E-state index is 0.144. The molecular weight excluding hydrogens is 332 g/mol. The van der Waals surface area contributed by atoms with Crippen LogP contribution in [0.3, 0.4) is 0 Å². The van der Waals surface area contributed by atoms with Gasteiger partial charge in [0.2, 0.25) is 5.91 Å². The molecule has 0 saturated carbocycles. The summed E-state index contributed by atoms with van der Waals surface area (Å²) in [5.41, 5.74) is 0.893. The van der Waals surface area contributed by atoms with Gasteiger partial charge in [-0.25, -0.2) is 0 Å². The van der Waals surface area contributed by atoms with Gasteiger partial charge in [0.25, 0.3) is 0 Å². The Balaban J connectivity index is 1.63. The molecule has 0 N–H and O–H groups in total. The third-order valence-electron chi connectivity index (χ3n) is 5.43. The first kappa shape index (κ1) is 19.0. The van der Waals surface area contributed by atoms with E-state index < -0.39 is 0 Å². The fourth-order valence-electron chi connectivity index (χ4n) is 4.02. The molecule has 6 nitrogen and oxygen atoms in total. The van der Waals surface area contributed by atoms with Crippen molar-refractivity contribution in [2.75, 3.05) is 47.1 Å². The van der Waals surface area contributed by atoms with Crippen LogP contribution in [0.15, 0.2) is 18.2 Å². The Morgan fingerprint density at radius 2 is 2.08 bits per heavy atom. The van der Waals surface area contributed by atoms with Crippen LogP contribution < -0.4 is 9.47 Å². The molecule has 2 fully saturated rings. The van der Waals surface area contributed by atoms with Crippen molar-refractivity contribution in [3.8, 4) is 11.5 Å². The maximum absolute atomic E-state index is 12.9. The standard InChI is InChI=1S/C20H30N2O4/c1-4-5-16-13-26-14-17-12-21(8-9-22(16)17)20(23)10-15-6-7-18(24-2)11-19(15)25-3/h6-7,11,16-17H,4-5,8-10,12-14H2,1-3H3/t16-,17+/m0/s1. The summed E-state index contributed by atoms with van der Waals surface area (Å²) < 4.78 is 16.5. The second kappa shape index (κ2) is 8.73. The largest absolute Gasteiger partial charge is 0.497 e. The van der Waals surface area contributed by atoms with Crippen molar-refractivity contribution in [2.24, 2.45) is 0 Å². The van der Waals surface area contributed by atoms with Crippen LogP contribution in [-0.2, 0) is 16.0 Å². The van der Waals surface area contributed by atoms with E-state index in [0.29, 0.717) is 24.3 Å². The number of piperazine rings is 1. The topological polar surface area (TPSA) is 51.2 Å². The molecule has 0 bridgehead atoms. The number of hydrogen-bond acceptors (Lipinski definition) is 5. The summed E-state index contributed by atoms with van der Waals surface area (Å²) in [6.07, 6.45) is 2.67. The maximum atomic E-state index is 12.9. The molecule has 0 aromatic heterocycles. The predicted octanol–water partition coefficient (Wildman–Crippen LogP) is 1.96. The van der Waals surface area contributed by atoms with Crippen molar-refractivity contribution >= 4 is 5.91 Å². The van der Waals surface area contributed by atoms with E-state index in [-0.39, 0.29) is 5.91 Å². The smallest absolute Gasteiger partial charge is 0.227 e. The molecule has 2 heterocycles. The molecule has 1 aromatic carbocycles. The van der Waals surface area contributed by atoms with Crippen LogP contribution >= 0.6 is 0 Å². The van der Waals surface area contributed by atoms with Gasteiger partial charge in [-0.3, -0.25) is 9.69 Å². The predicted molar refractivity (Wildman–Crippen MR) is 99.8 cm³/mol. The number of carbonyl (C=O) groups is 1. The summed E-state index contributed by atoms with van der Waals surface area (Å²) in [7, 11) is 3.24. The molecule has 26 heavy (non-hydrogen) atoms. The summed E-state index contributed by atoms with van der Waals surface area (Å²) in [5, 5.41) is 0. The molecule has 2 saturated heterocycles. The van der Waals surface area contributed by atoms with Gasteiger partial charge in [0, 0.05) is 37.3 Å². The lowest BCUT2D eigenvalue weighted by Gasteiger charge is -2.48. The number of rotatable bonds is 6. The Labute approximate surface area is 156 Å². The van der Waals surface area contributed by atoms with E-state index in [1.54, 1.807) is 14.2 Å². The number of carbonyl (C=O) groups excluding carboxylic acids is 1. The molecule has 1 amide bonds. The van der Waals surface area contributed by atoms with E-state index in [9.17, 15) is 4.79 Å². The second-order valence-electron chi connectivity index (χ2n) is 7.07. The summed E-state index contributed by atoms with van der Waals surface area (Å²) in [4.78, 5) is 17.4. The van der Waals surface area contributed by atoms with E-state index in [0.717, 1.165) is 57.0 Å². The van der Waals surface area contributed by atoms with E-state index in [1.807, 2.05) is 23.1 Å². The molecule has 2 aliphatic heterocycles. The second-order valence-corrected chi connectivity index (χ2v) is 7.07. The van der Waals surface area contributed by atoms with Crippen molar-refractivity contribution < 1.29 is 19.0 Å². The van der Waals surface area contributed by atoms with E-state index in [1.165, 1.54) is 0 Å². The Kier molecular flexibility index (Phi) is 6.38. The monoisotopic (exact) mass is 362 g/mol. The average Bonchev–Trinajstić information content (AvgIpc) is 2.68. The first-order valence-corrected chi connectivity index (χ1v) is 9.48. The molecule has 1 aromatic rings. The van der Waals surface area contributed by atoms with Crippen LogP contribution in [0.2, 0.25) is 0 Å². The molecule has 0 aliphatic carbocycles. The Bertz CT molecular complexity index is 620. The molecule has 0 radical (unpaired) electrons. The van der Waals surface area contributed by atoms with Crippen molar-refractivity contribution in [1.29, 1.82) is 0 Å². The highest BCUT2D eigenvalue weighted by atomic mass is 16.5. The summed E-state index contributed by atoms with van der Waals surface area (Å²) in [6, 6.07) is 6.42. The fraction of sp³-hybridized carbons (Fsp3) is 0.650. The number of morpholine rings is 1. The van der Waals surface area contributed by atoms with Crippen LogP contribution in [0.4, 0.5) is 0 Å². The summed E-state index contributed by atoms with van der Waals surface area (Å²) in [6.45, 7) is 6.22. The van der Waals surface area contributed by atoms with E-state index >= 15 is 0 Å². The van der Waals surface area contributed by atoms with Crippen molar-refractivity contribution in [3.05, 3.63) is 23.8 Å². The average molecular weight is 362 g/mol.